The van der Waals surface area contributed by atoms with Crippen LogP contribution in [-0.2, 0) is 9.53 Å². The van der Waals surface area contributed by atoms with E-state index in [1.54, 1.807) is 24.3 Å². The van der Waals surface area contributed by atoms with Gasteiger partial charge in [-0.1, -0.05) is 23.8 Å². The van der Waals surface area contributed by atoms with Gasteiger partial charge in [-0.15, -0.1) is 0 Å². The highest BCUT2D eigenvalue weighted by molar-refractivity contribution is 7.09. The number of nitrogens with zero attached hydrogens (tertiary/aromatic N) is 2. The van der Waals surface area contributed by atoms with Crippen molar-refractivity contribution >= 4 is 40.6 Å². The Morgan fingerprint density at radius 3 is 2.50 bits per heavy atom. The SMILES string of the molecule is COc1ccc([C@@H](C(=O)NC[C@@H]2CCCO2)N(C(=O)c2snc(C(N)=O)c2N)c2ccc(C)cc2C)cc1OC. The van der Waals surface area contributed by atoms with Gasteiger partial charge in [-0.25, -0.2) is 0 Å². The second-order valence-corrected chi connectivity index (χ2v) is 10.3. The van der Waals surface area contributed by atoms with E-state index in [2.05, 4.69) is 9.69 Å². The number of methoxy groups -OCH3 is 2. The average Bonchev–Trinajstić information content (AvgIpc) is 3.60. The van der Waals surface area contributed by atoms with Crippen molar-refractivity contribution in [2.24, 2.45) is 5.73 Å². The summed E-state index contributed by atoms with van der Waals surface area (Å²) in [5, 5.41) is 2.97. The molecular weight excluding hydrogens is 534 g/mol. The Kier molecular flexibility index (Phi) is 8.90. The van der Waals surface area contributed by atoms with E-state index in [1.807, 2.05) is 26.0 Å². The Bertz CT molecular complexity index is 1420. The second-order valence-electron chi connectivity index (χ2n) is 9.50. The van der Waals surface area contributed by atoms with Gasteiger partial charge in [0.25, 0.3) is 11.8 Å². The third kappa shape index (κ3) is 5.87. The van der Waals surface area contributed by atoms with Gasteiger partial charge in [0.15, 0.2) is 17.2 Å². The third-order valence-electron chi connectivity index (χ3n) is 6.74. The summed E-state index contributed by atoms with van der Waals surface area (Å²) in [5.74, 6) is -1.04. The minimum absolute atomic E-state index is 0.00817. The number of hydrogen-bond acceptors (Lipinski definition) is 9. The van der Waals surface area contributed by atoms with Crippen LogP contribution in [-0.4, -0.2) is 55.6 Å². The maximum atomic E-state index is 14.3. The van der Waals surface area contributed by atoms with Crippen LogP contribution >= 0.6 is 11.5 Å². The smallest absolute Gasteiger partial charge is 0.273 e. The average molecular weight is 568 g/mol. The highest BCUT2D eigenvalue weighted by Gasteiger charge is 2.37. The quantitative estimate of drug-likeness (QED) is 0.337. The fourth-order valence-corrected chi connectivity index (χ4v) is 5.48. The van der Waals surface area contributed by atoms with Gasteiger partial charge in [-0.3, -0.25) is 19.3 Å². The van der Waals surface area contributed by atoms with Gasteiger partial charge in [0.1, 0.15) is 10.9 Å². The molecule has 0 saturated carbocycles. The summed E-state index contributed by atoms with van der Waals surface area (Å²) in [6, 6.07) is 9.41. The molecule has 2 heterocycles. The Morgan fingerprint density at radius 1 is 1.15 bits per heavy atom. The monoisotopic (exact) mass is 567 g/mol. The third-order valence-corrected chi connectivity index (χ3v) is 7.60. The summed E-state index contributed by atoms with van der Waals surface area (Å²) in [6.45, 7) is 4.71. The van der Waals surface area contributed by atoms with Crippen LogP contribution in [0, 0.1) is 13.8 Å². The second kappa shape index (κ2) is 12.3. The number of carbonyl (C=O) groups is 3. The van der Waals surface area contributed by atoms with E-state index in [0.29, 0.717) is 29.4 Å². The van der Waals surface area contributed by atoms with E-state index >= 15 is 0 Å². The molecule has 0 spiro atoms. The van der Waals surface area contributed by atoms with Crippen LogP contribution in [0.5, 0.6) is 11.5 Å². The topological polar surface area (TPSA) is 159 Å². The lowest BCUT2D eigenvalue weighted by Gasteiger charge is -2.33. The van der Waals surface area contributed by atoms with Crippen LogP contribution in [0.25, 0.3) is 0 Å². The lowest BCUT2D eigenvalue weighted by atomic mass is 10.00. The number of rotatable bonds is 10. The molecule has 1 aliphatic heterocycles. The van der Waals surface area contributed by atoms with Gasteiger partial charge in [0.2, 0.25) is 5.91 Å². The Labute approximate surface area is 236 Å². The molecule has 0 aliphatic carbocycles. The van der Waals surface area contributed by atoms with Crippen molar-refractivity contribution in [2.75, 3.05) is 38.0 Å². The molecule has 5 N–H and O–H groups in total. The Morgan fingerprint density at radius 2 is 1.90 bits per heavy atom. The Balaban J connectivity index is 1.89. The lowest BCUT2D eigenvalue weighted by molar-refractivity contribution is -0.123. The summed E-state index contributed by atoms with van der Waals surface area (Å²) >= 11 is 0.753. The molecule has 11 nitrogen and oxygen atoms in total. The minimum atomic E-state index is -1.16. The number of nitrogens with two attached hydrogens (primary N) is 2. The lowest BCUT2D eigenvalue weighted by Crippen LogP contribution is -2.46. The van der Waals surface area contributed by atoms with E-state index < -0.39 is 23.8 Å². The van der Waals surface area contributed by atoms with E-state index in [-0.39, 0.29) is 28.9 Å². The van der Waals surface area contributed by atoms with Crippen molar-refractivity contribution in [1.82, 2.24) is 9.69 Å². The molecule has 2 aromatic carbocycles. The summed E-state index contributed by atoms with van der Waals surface area (Å²) < 4.78 is 20.6. The molecular formula is C28H33N5O6S. The van der Waals surface area contributed by atoms with Gasteiger partial charge in [-0.2, -0.15) is 4.37 Å². The number of carbonyl (C=O) groups excluding carboxylic acids is 3. The van der Waals surface area contributed by atoms with Crippen LogP contribution in [0.1, 0.15) is 55.7 Å². The van der Waals surface area contributed by atoms with Crippen molar-refractivity contribution in [1.29, 1.82) is 0 Å². The van der Waals surface area contributed by atoms with Crippen molar-refractivity contribution in [3.8, 4) is 11.5 Å². The zero-order valence-corrected chi connectivity index (χ0v) is 23.7. The molecule has 0 bridgehead atoms. The molecule has 1 aliphatic rings. The fourth-order valence-electron chi connectivity index (χ4n) is 4.74. The molecule has 212 valence electrons. The van der Waals surface area contributed by atoms with Crippen LogP contribution in [0.4, 0.5) is 11.4 Å². The van der Waals surface area contributed by atoms with Gasteiger partial charge in [0, 0.05) is 18.8 Å². The van der Waals surface area contributed by atoms with Crippen LogP contribution < -0.4 is 31.2 Å². The zero-order chi connectivity index (χ0) is 29.0. The molecule has 4 rings (SSSR count). The summed E-state index contributed by atoms with van der Waals surface area (Å²) in [6.07, 6.45) is 1.63. The number of aromatic nitrogens is 1. The Hall–Kier alpha value is -4.16. The first-order valence-electron chi connectivity index (χ1n) is 12.7. The van der Waals surface area contributed by atoms with E-state index in [9.17, 15) is 14.4 Å². The summed E-state index contributed by atoms with van der Waals surface area (Å²) in [5.41, 5.74) is 13.9. The normalized spacial score (nSPS) is 15.3. The van der Waals surface area contributed by atoms with Crippen LogP contribution in [0.3, 0.4) is 0 Å². The highest BCUT2D eigenvalue weighted by Crippen LogP contribution is 2.38. The van der Waals surface area contributed by atoms with Crippen molar-refractivity contribution in [3.63, 3.8) is 0 Å². The fraction of sp³-hybridized carbons (Fsp3) is 0.357. The van der Waals surface area contributed by atoms with Gasteiger partial charge in [0.05, 0.1) is 26.0 Å². The number of ether oxygens (including phenoxy) is 3. The predicted molar refractivity (Wildman–Crippen MR) is 152 cm³/mol. The number of aryl methyl sites for hydroxylation is 2. The molecule has 1 fully saturated rings. The van der Waals surface area contributed by atoms with Crippen LogP contribution in [0.15, 0.2) is 36.4 Å². The number of nitrogens with one attached hydrogen (secondary N) is 1. The number of anilines is 2. The summed E-state index contributed by atoms with van der Waals surface area (Å²) in [7, 11) is 3.00. The first-order valence-corrected chi connectivity index (χ1v) is 13.5. The molecule has 0 unspecified atom stereocenters. The molecule has 12 heteroatoms. The summed E-state index contributed by atoms with van der Waals surface area (Å²) in [4.78, 5) is 41.5. The maximum absolute atomic E-state index is 14.3. The van der Waals surface area contributed by atoms with Crippen molar-refractivity contribution in [2.45, 2.75) is 38.8 Å². The van der Waals surface area contributed by atoms with Gasteiger partial charge >= 0.3 is 0 Å². The number of hydrogen-bond donors (Lipinski definition) is 3. The van der Waals surface area contributed by atoms with E-state index in [4.69, 9.17) is 25.7 Å². The molecule has 1 aromatic heterocycles. The van der Waals surface area contributed by atoms with Gasteiger partial charge < -0.3 is 31.0 Å². The number of amides is 3. The predicted octanol–water partition coefficient (Wildman–Crippen LogP) is 3.14. The highest BCUT2D eigenvalue weighted by atomic mass is 32.1. The molecule has 3 aromatic rings. The number of benzene rings is 2. The van der Waals surface area contributed by atoms with E-state index in [0.717, 1.165) is 35.5 Å². The first kappa shape index (κ1) is 28.8. The largest absolute Gasteiger partial charge is 0.493 e. The molecule has 3 amide bonds. The minimum Gasteiger partial charge on any atom is -0.493 e. The van der Waals surface area contributed by atoms with E-state index in [1.165, 1.54) is 19.1 Å². The standard InChI is InChI=1S/C28H33N5O6S/c1-15-7-9-19(16(2)12-15)33(28(36)25-22(29)23(26(30)34)32-40-25)24(27(35)31-14-18-6-5-11-39-18)17-8-10-20(37-3)21(13-17)38-4/h7-10,12-13,18,24H,5-6,11,14,29H2,1-4H3,(H2,30,34)(H,31,35)/t18-,24-/m0/s1. The maximum Gasteiger partial charge on any atom is 0.273 e. The molecule has 1 saturated heterocycles. The van der Waals surface area contributed by atoms with Crippen molar-refractivity contribution < 1.29 is 28.6 Å². The first-order chi connectivity index (χ1) is 19.2. The molecule has 2 atom stereocenters. The molecule has 0 radical (unpaired) electrons. The molecule has 40 heavy (non-hydrogen) atoms. The number of nitrogen functional groups attached to an aromatic ring is 1. The van der Waals surface area contributed by atoms with Gasteiger partial charge in [-0.05, 0) is 67.5 Å². The van der Waals surface area contributed by atoms with Crippen molar-refractivity contribution in [3.05, 3.63) is 63.7 Å². The number of primary amides is 1. The zero-order valence-electron chi connectivity index (χ0n) is 22.9. The van der Waals surface area contributed by atoms with Crippen LogP contribution in [0.2, 0.25) is 0 Å².